The van der Waals surface area contributed by atoms with Gasteiger partial charge >= 0.3 is 5.97 Å². The van der Waals surface area contributed by atoms with Crippen LogP contribution in [0, 0.1) is 12.8 Å². The van der Waals surface area contributed by atoms with Gasteiger partial charge in [0.15, 0.2) is 11.9 Å². The number of carbonyl (C=O) groups excluding carboxylic acids is 2. The van der Waals surface area contributed by atoms with Crippen LogP contribution in [0.4, 0.5) is 0 Å². The zero-order chi connectivity index (χ0) is 18.0. The Balaban J connectivity index is 0.00000312. The van der Waals surface area contributed by atoms with Crippen LogP contribution in [0.1, 0.15) is 34.8 Å². The lowest BCUT2D eigenvalue weighted by atomic mass is 9.91. The topological polar surface area (TPSA) is 55.8 Å². The Morgan fingerprint density at radius 3 is 2.60 bits per heavy atom. The summed E-state index contributed by atoms with van der Waals surface area (Å²) in [6, 6.07) is 1.77. The fourth-order valence-electron chi connectivity index (χ4n) is 3.05. The number of Topliss-reactive ketones (excluding diaryl/α,β-unsaturated/α-hetero) is 1. The minimum atomic E-state index is -0.672. The Labute approximate surface area is 160 Å². The Kier molecular flexibility index (Phi) is 7.72. The molecule has 0 saturated carbocycles. The van der Waals surface area contributed by atoms with E-state index in [0.29, 0.717) is 34.9 Å². The second-order valence-electron chi connectivity index (χ2n) is 6.42. The second-order valence-corrected chi connectivity index (χ2v) is 6.79. The van der Waals surface area contributed by atoms with Crippen molar-refractivity contribution in [3.8, 4) is 5.75 Å². The molecular weight excluding hydrogens is 365 g/mol. The molecule has 0 amide bonds. The van der Waals surface area contributed by atoms with Crippen molar-refractivity contribution in [2.24, 2.45) is 5.92 Å². The summed E-state index contributed by atoms with van der Waals surface area (Å²) in [6.45, 7) is 4.48. The van der Waals surface area contributed by atoms with E-state index in [1.165, 1.54) is 7.11 Å². The lowest BCUT2D eigenvalue weighted by Crippen LogP contribution is -2.27. The highest BCUT2D eigenvalue weighted by Gasteiger charge is 2.34. The number of carbonyl (C=O) groups is 2. The third-order valence-corrected chi connectivity index (χ3v) is 4.85. The van der Waals surface area contributed by atoms with Crippen molar-refractivity contribution in [2.45, 2.75) is 32.8 Å². The van der Waals surface area contributed by atoms with E-state index >= 15 is 0 Å². The molecule has 1 heterocycles. The normalized spacial score (nSPS) is 16.7. The highest BCUT2D eigenvalue weighted by atomic mass is 35.5. The Morgan fingerprint density at radius 2 is 2.08 bits per heavy atom. The zero-order valence-corrected chi connectivity index (χ0v) is 16.8. The van der Waals surface area contributed by atoms with Crippen molar-refractivity contribution in [3.05, 3.63) is 27.8 Å². The molecule has 7 heteroatoms. The minimum absolute atomic E-state index is 0. The molecule has 2 unspecified atom stereocenters. The van der Waals surface area contributed by atoms with E-state index in [0.717, 1.165) is 12.0 Å². The van der Waals surface area contributed by atoms with Crippen LogP contribution in [0.25, 0.3) is 0 Å². The highest BCUT2D eigenvalue weighted by molar-refractivity contribution is 6.35. The van der Waals surface area contributed by atoms with Gasteiger partial charge in [-0.25, -0.2) is 4.79 Å². The number of esters is 1. The number of hydrogen-bond acceptors (Lipinski definition) is 5. The first-order chi connectivity index (χ1) is 11.3. The summed E-state index contributed by atoms with van der Waals surface area (Å²) in [6.07, 6.45) is 0.462. The molecule has 0 aliphatic carbocycles. The van der Waals surface area contributed by atoms with Gasteiger partial charge in [-0.2, -0.15) is 0 Å². The zero-order valence-electron chi connectivity index (χ0n) is 15.2. The molecule has 140 valence electrons. The molecule has 0 aromatic heterocycles. The molecule has 0 fully saturated rings. The molecule has 0 bridgehead atoms. The van der Waals surface area contributed by atoms with Crippen LogP contribution < -0.4 is 4.74 Å². The smallest absolute Gasteiger partial charge is 0.347 e. The molecule has 0 saturated heterocycles. The molecule has 1 aliphatic rings. The summed E-state index contributed by atoms with van der Waals surface area (Å²) in [5.74, 6) is 0.0820. The monoisotopic (exact) mass is 389 g/mol. The van der Waals surface area contributed by atoms with Gasteiger partial charge in [0.05, 0.1) is 12.1 Å². The van der Waals surface area contributed by atoms with Crippen LogP contribution in [-0.4, -0.2) is 50.5 Å². The summed E-state index contributed by atoms with van der Waals surface area (Å²) in [4.78, 5) is 26.6. The van der Waals surface area contributed by atoms with E-state index in [9.17, 15) is 9.59 Å². The van der Waals surface area contributed by atoms with Gasteiger partial charge in [-0.1, -0.05) is 18.5 Å². The van der Waals surface area contributed by atoms with Crippen molar-refractivity contribution in [2.75, 3.05) is 27.7 Å². The first-order valence-electron chi connectivity index (χ1n) is 8.05. The lowest BCUT2D eigenvalue weighted by Gasteiger charge is -2.20. The van der Waals surface area contributed by atoms with Gasteiger partial charge in [0.1, 0.15) is 5.75 Å². The number of rotatable bonds is 6. The Morgan fingerprint density at radius 1 is 1.44 bits per heavy atom. The highest BCUT2D eigenvalue weighted by Crippen LogP contribution is 2.39. The largest absolute Gasteiger partial charge is 0.478 e. The van der Waals surface area contributed by atoms with E-state index < -0.39 is 12.1 Å². The first kappa shape index (κ1) is 21.7. The summed E-state index contributed by atoms with van der Waals surface area (Å²) < 4.78 is 10.4. The number of halogens is 2. The van der Waals surface area contributed by atoms with Gasteiger partial charge < -0.3 is 14.4 Å². The number of ketones is 1. The van der Waals surface area contributed by atoms with Crippen LogP contribution in [0.2, 0.25) is 5.02 Å². The van der Waals surface area contributed by atoms with Crippen molar-refractivity contribution in [1.29, 1.82) is 0 Å². The van der Waals surface area contributed by atoms with Gasteiger partial charge in [0, 0.05) is 30.0 Å². The van der Waals surface area contributed by atoms with Crippen LogP contribution in [-0.2, 0) is 16.0 Å². The summed E-state index contributed by atoms with van der Waals surface area (Å²) in [5, 5.41) is 0.404. The van der Waals surface area contributed by atoms with Gasteiger partial charge in [0.2, 0.25) is 0 Å². The quantitative estimate of drug-likeness (QED) is 0.551. The molecule has 25 heavy (non-hydrogen) atoms. The van der Waals surface area contributed by atoms with Crippen molar-refractivity contribution >= 4 is 35.8 Å². The maximum Gasteiger partial charge on any atom is 0.347 e. The summed E-state index contributed by atoms with van der Waals surface area (Å²) in [5.41, 5.74) is 2.04. The Hall–Kier alpha value is -1.30. The van der Waals surface area contributed by atoms with Crippen molar-refractivity contribution in [3.63, 3.8) is 0 Å². The van der Waals surface area contributed by atoms with Gasteiger partial charge in [-0.3, -0.25) is 4.79 Å². The van der Waals surface area contributed by atoms with Gasteiger partial charge in [-0.05, 0) is 39.1 Å². The summed E-state index contributed by atoms with van der Waals surface area (Å²) >= 11 is 6.44. The number of benzene rings is 1. The predicted octanol–water partition coefficient (Wildman–Crippen LogP) is 3.32. The van der Waals surface area contributed by atoms with E-state index in [2.05, 4.69) is 0 Å². The molecule has 1 aromatic carbocycles. The summed E-state index contributed by atoms with van der Waals surface area (Å²) in [7, 11) is 5.22. The second kappa shape index (κ2) is 8.88. The van der Waals surface area contributed by atoms with Crippen LogP contribution >= 0.6 is 24.0 Å². The number of nitrogens with zero attached hydrogens (tertiary/aromatic N) is 1. The maximum atomic E-state index is 12.9. The SMILES string of the molecule is CCC(CN(C)C)C(=O)c1cc2c(c(C)c1Cl)OC(C(=O)OC)C2.Cl. The van der Waals surface area contributed by atoms with E-state index in [1.54, 1.807) is 6.07 Å². The Bertz CT molecular complexity index is 661. The average Bonchev–Trinajstić information content (AvgIpc) is 2.98. The van der Waals surface area contributed by atoms with Gasteiger partial charge in [-0.15, -0.1) is 12.4 Å². The number of fused-ring (bicyclic) bond motifs is 1. The maximum absolute atomic E-state index is 12.9. The standard InChI is InChI=1S/C18H24ClNO4.ClH/c1-6-11(9-20(3)4)16(21)13-7-12-8-14(18(22)23-5)24-17(12)10(2)15(13)19;/h7,11,14H,6,8-9H2,1-5H3;1H. The van der Waals surface area contributed by atoms with E-state index in [4.69, 9.17) is 21.1 Å². The number of hydrogen-bond donors (Lipinski definition) is 0. The first-order valence-corrected chi connectivity index (χ1v) is 8.43. The van der Waals surface area contributed by atoms with Crippen LogP contribution in [0.15, 0.2) is 6.07 Å². The lowest BCUT2D eigenvalue weighted by molar-refractivity contribution is -0.147. The van der Waals surface area contributed by atoms with Crippen molar-refractivity contribution < 1.29 is 19.1 Å². The molecule has 0 radical (unpaired) electrons. The number of methoxy groups -OCH3 is 1. The third kappa shape index (κ3) is 4.46. The van der Waals surface area contributed by atoms with E-state index in [-0.39, 0.29) is 24.1 Å². The minimum Gasteiger partial charge on any atom is -0.478 e. The average molecular weight is 390 g/mol. The van der Waals surface area contributed by atoms with Crippen LogP contribution in [0.3, 0.4) is 0 Å². The molecule has 2 rings (SSSR count). The molecule has 5 nitrogen and oxygen atoms in total. The fourth-order valence-corrected chi connectivity index (χ4v) is 3.28. The molecule has 1 aliphatic heterocycles. The molecular formula is C18H25Cl2NO4. The molecule has 1 aromatic rings. The van der Waals surface area contributed by atoms with Gasteiger partial charge in [0.25, 0.3) is 0 Å². The van der Waals surface area contributed by atoms with Crippen LogP contribution in [0.5, 0.6) is 5.75 Å². The van der Waals surface area contributed by atoms with E-state index in [1.807, 2.05) is 32.8 Å². The fraction of sp³-hybridized carbons (Fsp3) is 0.556. The molecule has 0 spiro atoms. The third-order valence-electron chi connectivity index (χ3n) is 4.36. The van der Waals surface area contributed by atoms with Crippen molar-refractivity contribution in [1.82, 2.24) is 4.90 Å². The number of ether oxygens (including phenoxy) is 2. The molecule has 0 N–H and O–H groups in total. The predicted molar refractivity (Wildman–Crippen MR) is 100 cm³/mol. The molecule has 2 atom stereocenters.